The molecule has 0 saturated carbocycles. The fourth-order valence-corrected chi connectivity index (χ4v) is 13.6. The lowest BCUT2D eigenvalue weighted by Gasteiger charge is -2.41. The summed E-state index contributed by atoms with van der Waals surface area (Å²) < 4.78 is 11.2. The molecule has 27 nitrogen and oxygen atoms in total. The number of benzene rings is 2. The van der Waals surface area contributed by atoms with Crippen LogP contribution in [0.3, 0.4) is 0 Å². The second kappa shape index (κ2) is 41.2. The van der Waals surface area contributed by atoms with Gasteiger partial charge in [0.1, 0.15) is 67.0 Å². The van der Waals surface area contributed by atoms with E-state index in [0.717, 1.165) is 33.8 Å². The first-order chi connectivity index (χ1) is 49.1. The number of hydrogen-bond donors (Lipinski definition) is 5. The van der Waals surface area contributed by atoms with Crippen LogP contribution >= 0.6 is 0 Å². The summed E-state index contributed by atoms with van der Waals surface area (Å²) >= 11 is 0. The predicted octanol–water partition coefficient (Wildman–Crippen LogP) is 5.05. The first-order valence-corrected chi connectivity index (χ1v) is 37.5. The number of morpholine rings is 1. The molecule has 5 N–H and O–H groups in total. The number of aliphatic hydroxyl groups excluding tert-OH is 1. The van der Waals surface area contributed by atoms with E-state index in [4.69, 9.17) is 9.47 Å². The number of esters is 1. The lowest BCUT2D eigenvalue weighted by Crippen LogP contribution is -2.63. The number of rotatable bonds is 20. The summed E-state index contributed by atoms with van der Waals surface area (Å²) in [6, 6.07) is -1.94. The Balaban J connectivity index is 1.88. The number of allylic oxidation sites excluding steroid dienone is 1. The summed E-state index contributed by atoms with van der Waals surface area (Å²) in [5, 5.41) is 25.2. The van der Waals surface area contributed by atoms with Gasteiger partial charge in [-0.3, -0.25) is 57.6 Å². The Hall–Kier alpha value is -8.04. The standard InChI is InChI=1S/C78H126N12O15/c1-24-58-73(98)83(17)44-63(91)84(18)59(40-45(2)3)70(95)82-64(49(10)11)76(101)85(19)60(41-46(4)5)69(94)79-52(15)68(93)80-53(16)72(97)86(20)61(42-47(6)7)74(99)87(21)62(43-48(8)9)75(100)88(22)65(50(12)13)77(102)89(23)66(71(96)81-58)67(92)51(14)28-27-29-54-32-33-57(56-31-26-25-30-55(54)56)78(103)105-39-36-90-34-37-104-38-35-90/h25-27,29-33,45-53,58-62,64-67,92H,24,28,34-44H2,1-23H3,(H,79,94)(H,80,93)(H,81,96)(H,82,95)/t51-,52+,53-,58+,59+,60+,61+,62+,64+,65+,66+,67-/m1/s1. The summed E-state index contributed by atoms with van der Waals surface area (Å²) in [5.41, 5.74) is 1.13. The SMILES string of the molecule is CC[C@@H]1NC(=O)[C@H]([C@H](O)[C@H](C)CC=Cc2ccc(C(=O)OCCN3CCOCC3)c3ccccc23)N(C)C(=O)[C@H](C(C)C)N(C)C(=O)[C@H](CC(C)C)N(C)C(=O)[C@H](CC(C)C)N(C)C(=O)[C@@H](C)NC(=O)[C@H](C)NC(=O)[C@H](CC(C)C)N(C)C(=O)[C@H](C(C)C)NC(=O)[C@H](CC(C)C)N(C)C(=O)CN(C)C1=O. The van der Waals surface area contributed by atoms with Gasteiger partial charge < -0.3 is 70.1 Å². The number of hydrogen-bond acceptors (Lipinski definition) is 16. The molecule has 2 aromatic carbocycles. The number of carbonyl (C=O) groups is 12. The Labute approximate surface area is 623 Å². The topological polar surface area (TPSA) is 318 Å². The highest BCUT2D eigenvalue weighted by atomic mass is 16.5. The van der Waals surface area contributed by atoms with E-state index >= 15 is 19.2 Å². The van der Waals surface area contributed by atoms with E-state index in [1.165, 1.54) is 87.7 Å². The first-order valence-electron chi connectivity index (χ1n) is 37.5. The molecule has 2 aliphatic rings. The molecule has 0 aromatic heterocycles. The number of amides is 11. The smallest absolute Gasteiger partial charge is 0.338 e. The van der Waals surface area contributed by atoms with Crippen LogP contribution in [-0.4, -0.2) is 277 Å². The van der Waals surface area contributed by atoms with Crippen molar-refractivity contribution < 1.29 is 72.1 Å². The molecule has 0 spiro atoms. The molecule has 2 fully saturated rings. The van der Waals surface area contributed by atoms with Gasteiger partial charge in [0.25, 0.3) is 0 Å². The van der Waals surface area contributed by atoms with Crippen LogP contribution in [0.1, 0.15) is 165 Å². The Kier molecular flexibility index (Phi) is 35.0. The monoisotopic (exact) mass is 1470 g/mol. The van der Waals surface area contributed by atoms with Crippen LogP contribution in [0.4, 0.5) is 0 Å². The zero-order valence-electron chi connectivity index (χ0n) is 66.9. The highest BCUT2D eigenvalue weighted by molar-refractivity contribution is 6.07. The molecule has 12 atom stereocenters. The Morgan fingerprint density at radius 1 is 0.533 bits per heavy atom. The second-order valence-electron chi connectivity index (χ2n) is 31.3. The van der Waals surface area contributed by atoms with Crippen LogP contribution in [0, 0.1) is 41.4 Å². The van der Waals surface area contributed by atoms with E-state index in [1.807, 2.05) is 91.8 Å². The van der Waals surface area contributed by atoms with Gasteiger partial charge in [-0.1, -0.05) is 139 Å². The molecule has 2 saturated heterocycles. The minimum Gasteiger partial charge on any atom is -0.461 e. The van der Waals surface area contributed by atoms with E-state index in [-0.39, 0.29) is 68.8 Å². The Morgan fingerprint density at radius 2 is 1.02 bits per heavy atom. The molecule has 2 heterocycles. The van der Waals surface area contributed by atoms with Crippen molar-refractivity contribution in [3.05, 3.63) is 53.6 Å². The van der Waals surface area contributed by atoms with Crippen molar-refractivity contribution in [1.29, 1.82) is 0 Å². The van der Waals surface area contributed by atoms with Crippen molar-refractivity contribution in [3.8, 4) is 0 Å². The maximum absolute atomic E-state index is 15.6. The molecular formula is C78H126N12O15. The van der Waals surface area contributed by atoms with Gasteiger partial charge in [0.15, 0.2) is 0 Å². The van der Waals surface area contributed by atoms with Crippen molar-refractivity contribution in [1.82, 2.24) is 60.5 Å². The molecule has 2 aromatic rings. The van der Waals surface area contributed by atoms with Crippen molar-refractivity contribution in [3.63, 3.8) is 0 Å². The number of aliphatic hydroxyl groups is 1. The third kappa shape index (κ3) is 24.5. The van der Waals surface area contributed by atoms with Crippen molar-refractivity contribution in [2.45, 2.75) is 216 Å². The Bertz CT molecular complexity index is 3350. The van der Waals surface area contributed by atoms with E-state index < -0.39 is 162 Å². The highest BCUT2D eigenvalue weighted by Gasteiger charge is 2.46. The summed E-state index contributed by atoms with van der Waals surface area (Å²) in [5.74, 6) is -10.9. The number of carbonyl (C=O) groups excluding carboxylic acids is 12. The molecule has 27 heteroatoms. The van der Waals surface area contributed by atoms with Crippen LogP contribution in [0.25, 0.3) is 16.8 Å². The van der Waals surface area contributed by atoms with Crippen molar-refractivity contribution in [2.75, 3.05) is 95.3 Å². The first kappa shape index (κ1) is 89.4. The van der Waals surface area contributed by atoms with E-state index in [1.54, 1.807) is 53.7 Å². The molecule has 0 bridgehead atoms. The second-order valence-corrected chi connectivity index (χ2v) is 31.3. The van der Waals surface area contributed by atoms with Gasteiger partial charge in [-0.2, -0.15) is 0 Å². The summed E-state index contributed by atoms with van der Waals surface area (Å²) in [4.78, 5) is 187. The third-order valence-corrected chi connectivity index (χ3v) is 20.1. The van der Waals surface area contributed by atoms with Gasteiger partial charge in [-0.25, -0.2) is 4.79 Å². The van der Waals surface area contributed by atoms with Crippen molar-refractivity contribution in [2.24, 2.45) is 41.4 Å². The number of ether oxygens (including phenoxy) is 2. The third-order valence-electron chi connectivity index (χ3n) is 20.1. The van der Waals surface area contributed by atoms with Crippen LogP contribution in [0.15, 0.2) is 42.5 Å². The molecule has 4 rings (SSSR count). The van der Waals surface area contributed by atoms with Gasteiger partial charge in [-0.05, 0) is 116 Å². The minimum absolute atomic E-state index is 0.0296. The maximum atomic E-state index is 15.6. The van der Waals surface area contributed by atoms with Gasteiger partial charge in [0.2, 0.25) is 65.0 Å². The van der Waals surface area contributed by atoms with Gasteiger partial charge in [0, 0.05) is 69.0 Å². The lowest BCUT2D eigenvalue weighted by molar-refractivity contribution is -0.157. The Morgan fingerprint density at radius 3 is 1.55 bits per heavy atom. The molecule has 11 amide bonds. The van der Waals surface area contributed by atoms with Crippen molar-refractivity contribution >= 4 is 87.8 Å². The zero-order valence-corrected chi connectivity index (χ0v) is 66.9. The molecule has 0 unspecified atom stereocenters. The molecule has 0 radical (unpaired) electrons. The highest BCUT2D eigenvalue weighted by Crippen LogP contribution is 2.29. The van der Waals surface area contributed by atoms with Crippen LogP contribution in [0.2, 0.25) is 0 Å². The quantitative estimate of drug-likeness (QED) is 0.108. The molecular weight excluding hydrogens is 1340 g/mol. The average molecular weight is 1470 g/mol. The van der Waals surface area contributed by atoms with Crippen LogP contribution in [0.5, 0.6) is 0 Å². The summed E-state index contributed by atoms with van der Waals surface area (Å²) in [7, 11) is 9.86. The van der Waals surface area contributed by atoms with Gasteiger partial charge in [0.05, 0.1) is 31.4 Å². The zero-order chi connectivity index (χ0) is 79.3. The number of likely N-dealkylation sites (N-methyl/N-ethyl adjacent to an activating group) is 7. The van der Waals surface area contributed by atoms with Crippen LogP contribution in [-0.2, 0) is 62.2 Å². The lowest BCUT2D eigenvalue weighted by atomic mass is 9.91. The average Bonchev–Trinajstić information content (AvgIpc) is 0.795. The number of nitrogens with one attached hydrogen (secondary N) is 4. The molecule has 588 valence electrons. The van der Waals surface area contributed by atoms with E-state index in [9.17, 15) is 43.5 Å². The molecule has 2 aliphatic heterocycles. The fraction of sp³-hybridized carbons (Fsp3) is 0.692. The number of fused-ring (bicyclic) bond motifs is 1. The van der Waals surface area contributed by atoms with E-state index in [0.29, 0.717) is 30.7 Å². The molecule has 105 heavy (non-hydrogen) atoms. The molecule has 0 aliphatic carbocycles. The normalized spacial score (nSPS) is 25.0. The van der Waals surface area contributed by atoms with Gasteiger partial charge in [-0.15, -0.1) is 0 Å². The van der Waals surface area contributed by atoms with Crippen LogP contribution < -0.4 is 21.3 Å². The summed E-state index contributed by atoms with van der Waals surface area (Å²) in [6.07, 6.45) is 2.61. The maximum Gasteiger partial charge on any atom is 0.338 e. The largest absolute Gasteiger partial charge is 0.461 e. The number of nitrogens with zero attached hydrogens (tertiary/aromatic N) is 8. The minimum atomic E-state index is -1.73. The van der Waals surface area contributed by atoms with E-state index in [2.05, 4.69) is 26.2 Å². The summed E-state index contributed by atoms with van der Waals surface area (Å²) in [6.45, 7) is 30.9. The fourth-order valence-electron chi connectivity index (χ4n) is 13.6. The van der Waals surface area contributed by atoms with Gasteiger partial charge >= 0.3 is 5.97 Å². The predicted molar refractivity (Wildman–Crippen MR) is 404 cm³/mol.